The number of nitro benzene ring substituents is 1. The molecule has 26 heavy (non-hydrogen) atoms. The smallest absolute Gasteiger partial charge is 0.275 e. The van der Waals surface area contributed by atoms with Crippen molar-refractivity contribution in [1.29, 1.82) is 0 Å². The molecule has 0 aliphatic rings. The second-order valence-corrected chi connectivity index (χ2v) is 7.42. The zero-order valence-corrected chi connectivity index (χ0v) is 16.4. The van der Waals surface area contributed by atoms with E-state index >= 15 is 0 Å². The standard InChI is InChI=1S/C16H12IN5O3S/c1-21-15(13(17)9-19-21)16(23)20-10-6-11(22(24)25)8-12(7-10)26-14-4-2-3-5-18-14/h2-9H,1H3,(H,20,23). The molecule has 0 saturated heterocycles. The summed E-state index contributed by atoms with van der Waals surface area (Å²) in [6.45, 7) is 0. The Kier molecular flexibility index (Phi) is 5.52. The normalized spacial score (nSPS) is 10.5. The van der Waals surface area contributed by atoms with Crippen molar-refractivity contribution in [2.75, 3.05) is 5.32 Å². The van der Waals surface area contributed by atoms with Crippen LogP contribution in [0.25, 0.3) is 0 Å². The van der Waals surface area contributed by atoms with E-state index in [0.29, 0.717) is 24.9 Å². The monoisotopic (exact) mass is 481 g/mol. The molecule has 0 aliphatic carbocycles. The number of nitrogens with one attached hydrogen (secondary N) is 1. The van der Waals surface area contributed by atoms with Crippen LogP contribution in [-0.2, 0) is 7.05 Å². The van der Waals surface area contributed by atoms with Crippen LogP contribution in [0.5, 0.6) is 0 Å². The second kappa shape index (κ2) is 7.83. The fourth-order valence-electron chi connectivity index (χ4n) is 2.20. The third-order valence-electron chi connectivity index (χ3n) is 3.33. The zero-order chi connectivity index (χ0) is 18.7. The van der Waals surface area contributed by atoms with Gasteiger partial charge >= 0.3 is 0 Å². The first-order valence-electron chi connectivity index (χ1n) is 7.31. The summed E-state index contributed by atoms with van der Waals surface area (Å²) in [6, 6.07) is 9.87. The number of amides is 1. The van der Waals surface area contributed by atoms with Crippen LogP contribution in [0.3, 0.4) is 0 Å². The minimum Gasteiger partial charge on any atom is -0.320 e. The maximum Gasteiger partial charge on any atom is 0.275 e. The number of carbonyl (C=O) groups is 1. The average molecular weight is 481 g/mol. The van der Waals surface area contributed by atoms with Crippen LogP contribution in [0.15, 0.2) is 58.7 Å². The minimum absolute atomic E-state index is 0.110. The van der Waals surface area contributed by atoms with Crippen molar-refractivity contribution in [3.63, 3.8) is 0 Å². The fraction of sp³-hybridized carbons (Fsp3) is 0.0625. The first kappa shape index (κ1) is 18.3. The minimum atomic E-state index is -0.494. The van der Waals surface area contributed by atoms with Crippen LogP contribution in [0, 0.1) is 13.7 Å². The van der Waals surface area contributed by atoms with Crippen molar-refractivity contribution >= 4 is 51.6 Å². The molecule has 0 fully saturated rings. The highest BCUT2D eigenvalue weighted by Gasteiger charge is 2.18. The van der Waals surface area contributed by atoms with Gasteiger partial charge in [0.1, 0.15) is 10.7 Å². The molecule has 3 aromatic rings. The van der Waals surface area contributed by atoms with E-state index in [1.807, 2.05) is 28.7 Å². The Morgan fingerprint density at radius 3 is 2.77 bits per heavy atom. The molecule has 0 bridgehead atoms. The van der Waals surface area contributed by atoms with Gasteiger partial charge in [-0.25, -0.2) is 4.98 Å². The van der Waals surface area contributed by atoms with Gasteiger partial charge in [0, 0.05) is 36.0 Å². The lowest BCUT2D eigenvalue weighted by atomic mass is 10.2. The number of pyridine rings is 1. The van der Waals surface area contributed by atoms with Crippen LogP contribution in [0.1, 0.15) is 10.5 Å². The number of aryl methyl sites for hydroxylation is 1. The molecule has 0 unspecified atom stereocenters. The lowest BCUT2D eigenvalue weighted by molar-refractivity contribution is -0.385. The van der Waals surface area contributed by atoms with Crippen LogP contribution in [-0.4, -0.2) is 25.6 Å². The van der Waals surface area contributed by atoms with Crippen molar-refractivity contribution in [2.45, 2.75) is 9.92 Å². The second-order valence-electron chi connectivity index (χ2n) is 5.16. The number of rotatable bonds is 5. The molecule has 10 heteroatoms. The van der Waals surface area contributed by atoms with Gasteiger partial charge in [-0.3, -0.25) is 19.6 Å². The lowest BCUT2D eigenvalue weighted by Gasteiger charge is -2.08. The number of nitro groups is 1. The lowest BCUT2D eigenvalue weighted by Crippen LogP contribution is -2.17. The van der Waals surface area contributed by atoms with Gasteiger partial charge in [-0.15, -0.1) is 0 Å². The number of aromatic nitrogens is 3. The zero-order valence-electron chi connectivity index (χ0n) is 13.4. The summed E-state index contributed by atoms with van der Waals surface area (Å²) in [5.74, 6) is -0.385. The summed E-state index contributed by atoms with van der Waals surface area (Å²) in [4.78, 5) is 28.0. The molecule has 0 atom stereocenters. The molecule has 1 N–H and O–H groups in total. The van der Waals surface area contributed by atoms with Crippen LogP contribution < -0.4 is 5.32 Å². The Bertz CT molecular complexity index is 958. The number of hydrogen-bond donors (Lipinski definition) is 1. The Hall–Kier alpha value is -2.47. The van der Waals surface area contributed by atoms with Gasteiger partial charge in [0.05, 0.1) is 14.7 Å². The molecule has 3 rings (SSSR count). The van der Waals surface area contributed by atoms with Gasteiger partial charge in [-0.05, 0) is 40.8 Å². The molecular weight excluding hydrogens is 469 g/mol. The molecule has 0 saturated carbocycles. The molecule has 1 aromatic carbocycles. The van der Waals surface area contributed by atoms with Gasteiger partial charge in [0.2, 0.25) is 0 Å². The van der Waals surface area contributed by atoms with Crippen molar-refractivity contribution in [2.24, 2.45) is 7.05 Å². The fourth-order valence-corrected chi connectivity index (χ4v) is 3.79. The number of carbonyl (C=O) groups excluding carboxylic acids is 1. The summed E-state index contributed by atoms with van der Waals surface area (Å²) in [6.07, 6.45) is 3.22. The first-order valence-corrected chi connectivity index (χ1v) is 9.21. The van der Waals surface area contributed by atoms with Crippen molar-refractivity contribution in [3.8, 4) is 0 Å². The van der Waals surface area contributed by atoms with Gasteiger partial charge in [-0.2, -0.15) is 5.10 Å². The van der Waals surface area contributed by atoms with Crippen molar-refractivity contribution in [3.05, 3.63) is 68.2 Å². The van der Waals surface area contributed by atoms with Crippen LogP contribution in [0.2, 0.25) is 0 Å². The third kappa shape index (κ3) is 4.19. The highest BCUT2D eigenvalue weighted by molar-refractivity contribution is 14.1. The molecule has 2 aromatic heterocycles. The molecule has 0 radical (unpaired) electrons. The predicted molar refractivity (Wildman–Crippen MR) is 105 cm³/mol. The molecule has 0 spiro atoms. The Morgan fingerprint density at radius 1 is 1.35 bits per heavy atom. The van der Waals surface area contributed by atoms with Gasteiger partial charge in [0.25, 0.3) is 11.6 Å². The number of hydrogen-bond acceptors (Lipinski definition) is 6. The maximum atomic E-state index is 12.5. The van der Waals surface area contributed by atoms with E-state index in [4.69, 9.17) is 0 Å². The first-order chi connectivity index (χ1) is 12.4. The summed E-state index contributed by atoms with van der Waals surface area (Å²) in [5.41, 5.74) is 0.608. The third-order valence-corrected chi connectivity index (χ3v) is 5.04. The van der Waals surface area contributed by atoms with E-state index in [1.54, 1.807) is 37.6 Å². The van der Waals surface area contributed by atoms with E-state index in [2.05, 4.69) is 15.4 Å². The molecular formula is C16H12IN5O3S. The van der Waals surface area contributed by atoms with E-state index < -0.39 is 4.92 Å². The molecule has 8 nitrogen and oxygen atoms in total. The highest BCUT2D eigenvalue weighted by Crippen LogP contribution is 2.32. The van der Waals surface area contributed by atoms with Crippen molar-refractivity contribution in [1.82, 2.24) is 14.8 Å². The van der Waals surface area contributed by atoms with E-state index in [9.17, 15) is 14.9 Å². The largest absolute Gasteiger partial charge is 0.320 e. The topological polar surface area (TPSA) is 103 Å². The number of non-ortho nitro benzene ring substituents is 1. The molecule has 132 valence electrons. The predicted octanol–water partition coefficient (Wildman–Crippen LogP) is 3.73. The van der Waals surface area contributed by atoms with Gasteiger partial charge in [0.15, 0.2) is 0 Å². The Balaban J connectivity index is 1.91. The van der Waals surface area contributed by atoms with E-state index in [0.717, 1.165) is 0 Å². The number of nitrogens with zero attached hydrogens (tertiary/aromatic N) is 4. The Morgan fingerprint density at radius 2 is 2.15 bits per heavy atom. The summed E-state index contributed by atoms with van der Waals surface area (Å²) < 4.78 is 2.15. The average Bonchev–Trinajstić information content (AvgIpc) is 2.94. The quantitative estimate of drug-likeness (QED) is 0.339. The van der Waals surface area contributed by atoms with Gasteiger partial charge < -0.3 is 5.32 Å². The van der Waals surface area contributed by atoms with Crippen molar-refractivity contribution < 1.29 is 9.72 Å². The number of halogens is 1. The van der Waals surface area contributed by atoms with E-state index in [1.165, 1.54) is 28.6 Å². The molecule has 2 heterocycles. The van der Waals surface area contributed by atoms with Crippen LogP contribution in [0.4, 0.5) is 11.4 Å². The van der Waals surface area contributed by atoms with E-state index in [-0.39, 0.29) is 11.6 Å². The SMILES string of the molecule is Cn1ncc(I)c1C(=O)Nc1cc(Sc2ccccn2)cc([N+](=O)[O-])c1. The number of benzene rings is 1. The van der Waals surface area contributed by atoms with Gasteiger partial charge in [-0.1, -0.05) is 17.8 Å². The summed E-state index contributed by atoms with van der Waals surface area (Å²) in [7, 11) is 1.66. The maximum absolute atomic E-state index is 12.5. The summed E-state index contributed by atoms with van der Waals surface area (Å²) in [5, 5.41) is 18.7. The number of anilines is 1. The summed E-state index contributed by atoms with van der Waals surface area (Å²) >= 11 is 3.29. The highest BCUT2D eigenvalue weighted by atomic mass is 127. The molecule has 1 amide bonds. The molecule has 0 aliphatic heterocycles. The Labute approximate surface area is 166 Å². The van der Waals surface area contributed by atoms with Crippen LogP contribution >= 0.6 is 34.4 Å².